The zero-order valence-corrected chi connectivity index (χ0v) is 11.7. The van der Waals surface area contributed by atoms with Crippen molar-refractivity contribution in [1.29, 1.82) is 0 Å². The molecule has 2 aliphatic heterocycles. The Morgan fingerprint density at radius 2 is 1.95 bits per heavy atom. The molecular formula is C15H17ClFNO. The number of rotatable bonds is 1. The topological polar surface area (TPSA) is 20.3 Å². The van der Waals surface area contributed by atoms with Crippen LogP contribution in [0, 0.1) is 12.7 Å². The van der Waals surface area contributed by atoms with Crippen molar-refractivity contribution in [3.05, 3.63) is 35.1 Å². The van der Waals surface area contributed by atoms with E-state index in [1.807, 2.05) is 4.90 Å². The smallest absolute Gasteiger partial charge is 0.254 e. The molecule has 102 valence electrons. The molecule has 0 N–H and O–H groups in total. The van der Waals surface area contributed by atoms with Gasteiger partial charge in [-0.2, -0.15) is 0 Å². The third kappa shape index (κ3) is 2.25. The molecule has 19 heavy (non-hydrogen) atoms. The van der Waals surface area contributed by atoms with E-state index in [1.165, 1.54) is 12.1 Å². The monoisotopic (exact) mass is 281 g/mol. The first-order valence-corrected chi connectivity index (χ1v) is 7.23. The summed E-state index contributed by atoms with van der Waals surface area (Å²) >= 11 is 6.23. The van der Waals surface area contributed by atoms with E-state index in [0.717, 1.165) is 25.7 Å². The Morgan fingerprint density at radius 1 is 1.32 bits per heavy atom. The van der Waals surface area contributed by atoms with Gasteiger partial charge in [0.25, 0.3) is 5.91 Å². The highest BCUT2D eigenvalue weighted by atomic mass is 35.5. The molecule has 2 heterocycles. The van der Waals surface area contributed by atoms with Crippen molar-refractivity contribution in [2.75, 3.05) is 0 Å². The minimum atomic E-state index is -0.295. The zero-order valence-electron chi connectivity index (χ0n) is 10.9. The van der Waals surface area contributed by atoms with Gasteiger partial charge in [-0.15, -0.1) is 11.6 Å². The summed E-state index contributed by atoms with van der Waals surface area (Å²) in [5.41, 5.74) is 1.32. The first-order chi connectivity index (χ1) is 9.06. The fraction of sp³-hybridized carbons (Fsp3) is 0.533. The van der Waals surface area contributed by atoms with Crippen LogP contribution < -0.4 is 0 Å². The summed E-state index contributed by atoms with van der Waals surface area (Å²) in [4.78, 5) is 14.6. The van der Waals surface area contributed by atoms with E-state index in [-0.39, 0.29) is 29.2 Å². The summed E-state index contributed by atoms with van der Waals surface area (Å²) in [5, 5.41) is 0.191. The molecule has 2 saturated heterocycles. The molecule has 2 atom stereocenters. The second kappa shape index (κ2) is 4.78. The number of halogens is 2. The normalized spacial score (nSPS) is 29.6. The molecule has 2 nitrogen and oxygen atoms in total. The van der Waals surface area contributed by atoms with Gasteiger partial charge in [-0.1, -0.05) is 0 Å². The summed E-state index contributed by atoms with van der Waals surface area (Å²) in [5.74, 6) is -0.259. The number of nitrogens with zero attached hydrogens (tertiary/aromatic N) is 1. The average molecular weight is 282 g/mol. The number of carbonyl (C=O) groups is 1. The number of alkyl halides is 1. The van der Waals surface area contributed by atoms with E-state index >= 15 is 0 Å². The Balaban J connectivity index is 1.88. The fourth-order valence-corrected chi connectivity index (χ4v) is 3.86. The first kappa shape index (κ1) is 12.9. The predicted octanol–water partition coefficient (Wildman–Crippen LogP) is 3.51. The van der Waals surface area contributed by atoms with Gasteiger partial charge in [-0.25, -0.2) is 4.39 Å². The maximum absolute atomic E-state index is 13.1. The second-order valence-electron chi connectivity index (χ2n) is 5.63. The number of aryl methyl sites for hydroxylation is 1. The number of carbonyl (C=O) groups excluding carboxylic acids is 1. The second-order valence-corrected chi connectivity index (χ2v) is 6.24. The van der Waals surface area contributed by atoms with Gasteiger partial charge in [0.2, 0.25) is 0 Å². The molecule has 2 aliphatic rings. The quantitative estimate of drug-likeness (QED) is 0.722. The van der Waals surface area contributed by atoms with Crippen molar-refractivity contribution >= 4 is 17.5 Å². The number of piperidine rings is 1. The Morgan fingerprint density at radius 3 is 2.53 bits per heavy atom. The van der Waals surface area contributed by atoms with Gasteiger partial charge >= 0.3 is 0 Å². The molecule has 2 bridgehead atoms. The Bertz CT molecular complexity index is 505. The number of hydrogen-bond donors (Lipinski definition) is 0. The maximum Gasteiger partial charge on any atom is 0.254 e. The van der Waals surface area contributed by atoms with Gasteiger partial charge in [0.15, 0.2) is 0 Å². The molecule has 4 heteroatoms. The van der Waals surface area contributed by atoms with Crippen LogP contribution in [0.3, 0.4) is 0 Å². The summed E-state index contributed by atoms with van der Waals surface area (Å²) in [6.07, 6.45) is 3.84. The number of hydrogen-bond acceptors (Lipinski definition) is 1. The van der Waals surface area contributed by atoms with Gasteiger partial charge in [-0.05, 0) is 56.4 Å². The van der Waals surface area contributed by atoms with Gasteiger partial charge in [0.05, 0.1) is 0 Å². The van der Waals surface area contributed by atoms with E-state index in [1.54, 1.807) is 13.0 Å². The molecular weight excluding hydrogens is 265 g/mol. The number of fused-ring (bicyclic) bond motifs is 2. The predicted molar refractivity (Wildman–Crippen MR) is 73.0 cm³/mol. The number of benzene rings is 1. The molecule has 0 radical (unpaired) electrons. The molecule has 2 fully saturated rings. The lowest BCUT2D eigenvalue weighted by Gasteiger charge is -2.37. The molecule has 0 aromatic heterocycles. The Hall–Kier alpha value is -1.09. The minimum Gasteiger partial charge on any atom is -0.333 e. The lowest BCUT2D eigenvalue weighted by Crippen LogP contribution is -2.47. The van der Waals surface area contributed by atoms with Crippen LogP contribution in [0.25, 0.3) is 0 Å². The molecule has 3 rings (SSSR count). The van der Waals surface area contributed by atoms with Crippen LogP contribution in [0.2, 0.25) is 0 Å². The molecule has 1 aromatic carbocycles. The third-order valence-electron chi connectivity index (χ3n) is 4.33. The van der Waals surface area contributed by atoms with Crippen LogP contribution >= 0.6 is 11.6 Å². The molecule has 2 unspecified atom stereocenters. The third-order valence-corrected chi connectivity index (χ3v) is 4.69. The molecule has 0 saturated carbocycles. The Labute approximate surface area is 117 Å². The van der Waals surface area contributed by atoms with Gasteiger partial charge in [-0.3, -0.25) is 4.79 Å². The molecule has 1 amide bonds. The highest BCUT2D eigenvalue weighted by Gasteiger charge is 2.43. The molecule has 1 aromatic rings. The van der Waals surface area contributed by atoms with E-state index in [0.29, 0.717) is 11.1 Å². The van der Waals surface area contributed by atoms with Crippen molar-refractivity contribution in [2.24, 2.45) is 0 Å². The number of amides is 1. The van der Waals surface area contributed by atoms with E-state index < -0.39 is 0 Å². The van der Waals surface area contributed by atoms with Crippen molar-refractivity contribution in [3.8, 4) is 0 Å². The summed E-state index contributed by atoms with van der Waals surface area (Å²) in [7, 11) is 0. The SMILES string of the molecule is Cc1cc(F)ccc1C(=O)N1C2CCC1CC(Cl)C2. The molecule has 0 aliphatic carbocycles. The lowest BCUT2D eigenvalue weighted by molar-refractivity contribution is 0.0599. The minimum absolute atomic E-state index is 0.0357. The van der Waals surface area contributed by atoms with Gasteiger partial charge in [0.1, 0.15) is 5.82 Å². The van der Waals surface area contributed by atoms with Crippen LogP contribution in [0.1, 0.15) is 41.6 Å². The van der Waals surface area contributed by atoms with Gasteiger partial charge in [0, 0.05) is 23.0 Å². The van der Waals surface area contributed by atoms with Crippen LogP contribution in [0.4, 0.5) is 4.39 Å². The molecule has 0 spiro atoms. The largest absolute Gasteiger partial charge is 0.333 e. The van der Waals surface area contributed by atoms with Crippen molar-refractivity contribution in [2.45, 2.75) is 50.1 Å². The summed E-state index contributed by atoms with van der Waals surface area (Å²) in [6.45, 7) is 1.78. The lowest BCUT2D eigenvalue weighted by atomic mass is 9.99. The average Bonchev–Trinajstić information content (AvgIpc) is 2.61. The summed E-state index contributed by atoms with van der Waals surface area (Å²) < 4.78 is 13.1. The maximum atomic E-state index is 13.1. The highest BCUT2D eigenvalue weighted by molar-refractivity contribution is 6.20. The Kier molecular flexibility index (Phi) is 3.25. The fourth-order valence-electron chi connectivity index (χ4n) is 3.45. The van der Waals surface area contributed by atoms with Gasteiger partial charge < -0.3 is 4.90 Å². The van der Waals surface area contributed by atoms with Crippen LogP contribution in [0.5, 0.6) is 0 Å². The highest BCUT2D eigenvalue weighted by Crippen LogP contribution is 2.38. The standard InChI is InChI=1S/C15H17ClFNO/c1-9-6-11(17)2-5-14(9)15(19)18-12-3-4-13(18)8-10(16)7-12/h2,5-6,10,12-13H,3-4,7-8H2,1H3. The zero-order chi connectivity index (χ0) is 13.6. The van der Waals surface area contributed by atoms with E-state index in [4.69, 9.17) is 11.6 Å². The first-order valence-electron chi connectivity index (χ1n) is 6.79. The van der Waals surface area contributed by atoms with Crippen LogP contribution in [0.15, 0.2) is 18.2 Å². The van der Waals surface area contributed by atoms with E-state index in [9.17, 15) is 9.18 Å². The van der Waals surface area contributed by atoms with Crippen molar-refractivity contribution in [3.63, 3.8) is 0 Å². The van der Waals surface area contributed by atoms with Crippen LogP contribution in [-0.2, 0) is 0 Å². The van der Waals surface area contributed by atoms with Crippen molar-refractivity contribution < 1.29 is 9.18 Å². The van der Waals surface area contributed by atoms with E-state index in [2.05, 4.69) is 0 Å². The summed E-state index contributed by atoms with van der Waals surface area (Å²) in [6, 6.07) is 4.90. The van der Waals surface area contributed by atoms with Crippen LogP contribution in [-0.4, -0.2) is 28.3 Å². The van der Waals surface area contributed by atoms with Crippen molar-refractivity contribution in [1.82, 2.24) is 4.90 Å².